The number of hydrogen-bond donors (Lipinski definition) is 1. The second-order valence-corrected chi connectivity index (χ2v) is 3.26. The fourth-order valence-corrected chi connectivity index (χ4v) is 1.33. The van der Waals surface area contributed by atoms with Crippen molar-refractivity contribution in [2.45, 2.75) is 19.8 Å². The molecule has 0 aliphatic rings. The SMILES string of the molecule is CCC/C(C#N)=C(/N)c1cccc(F)c1. The van der Waals surface area contributed by atoms with Crippen LogP contribution in [0.2, 0.25) is 0 Å². The number of halogens is 1. The fourth-order valence-electron chi connectivity index (χ4n) is 1.33. The number of benzene rings is 1. The maximum absolute atomic E-state index is 12.9. The summed E-state index contributed by atoms with van der Waals surface area (Å²) >= 11 is 0. The molecule has 1 aromatic rings. The number of rotatable bonds is 3. The lowest BCUT2D eigenvalue weighted by atomic mass is 10.0. The van der Waals surface area contributed by atoms with Gasteiger partial charge in [0.2, 0.25) is 0 Å². The third kappa shape index (κ3) is 2.81. The Morgan fingerprint density at radius 3 is 2.80 bits per heavy atom. The van der Waals surface area contributed by atoms with Gasteiger partial charge in [0.05, 0.1) is 17.3 Å². The predicted octanol–water partition coefficient (Wildman–Crippen LogP) is 2.82. The molecule has 0 unspecified atom stereocenters. The Hall–Kier alpha value is -1.82. The molecular formula is C12H13FN2. The van der Waals surface area contributed by atoms with Crippen LogP contribution in [0.4, 0.5) is 4.39 Å². The van der Waals surface area contributed by atoms with Gasteiger partial charge in [-0.1, -0.05) is 25.5 Å². The lowest BCUT2D eigenvalue weighted by Gasteiger charge is -2.04. The van der Waals surface area contributed by atoms with Gasteiger partial charge in [0.15, 0.2) is 0 Å². The molecule has 0 atom stereocenters. The first kappa shape index (κ1) is 11.3. The van der Waals surface area contributed by atoms with Gasteiger partial charge in [-0.15, -0.1) is 0 Å². The Labute approximate surface area is 88.8 Å². The van der Waals surface area contributed by atoms with E-state index >= 15 is 0 Å². The molecule has 0 amide bonds. The maximum Gasteiger partial charge on any atom is 0.123 e. The molecule has 0 aliphatic heterocycles. The van der Waals surface area contributed by atoms with Crippen LogP contribution in [0.5, 0.6) is 0 Å². The van der Waals surface area contributed by atoms with Crippen LogP contribution >= 0.6 is 0 Å². The van der Waals surface area contributed by atoms with E-state index in [9.17, 15) is 4.39 Å². The number of nitriles is 1. The Bertz CT molecular complexity index is 416. The van der Waals surface area contributed by atoms with Gasteiger partial charge < -0.3 is 5.73 Å². The first-order valence-electron chi connectivity index (χ1n) is 4.83. The van der Waals surface area contributed by atoms with Crippen molar-refractivity contribution in [3.63, 3.8) is 0 Å². The molecule has 1 rings (SSSR count). The van der Waals surface area contributed by atoms with Crippen molar-refractivity contribution in [1.29, 1.82) is 5.26 Å². The van der Waals surface area contributed by atoms with Gasteiger partial charge in [-0.3, -0.25) is 0 Å². The van der Waals surface area contributed by atoms with Crippen LogP contribution in [-0.2, 0) is 0 Å². The van der Waals surface area contributed by atoms with Crippen molar-refractivity contribution in [2.75, 3.05) is 0 Å². The number of nitrogens with two attached hydrogens (primary N) is 1. The van der Waals surface area contributed by atoms with Crippen LogP contribution in [-0.4, -0.2) is 0 Å². The van der Waals surface area contributed by atoms with Crippen LogP contribution in [0.25, 0.3) is 5.70 Å². The van der Waals surface area contributed by atoms with Gasteiger partial charge >= 0.3 is 0 Å². The Balaban J connectivity index is 3.11. The van der Waals surface area contributed by atoms with Crippen LogP contribution in [0, 0.1) is 17.1 Å². The Kier molecular flexibility index (Phi) is 3.87. The summed E-state index contributed by atoms with van der Waals surface area (Å²) in [6.07, 6.45) is 1.47. The lowest BCUT2D eigenvalue weighted by Crippen LogP contribution is -2.01. The topological polar surface area (TPSA) is 49.8 Å². The molecule has 3 heteroatoms. The molecule has 78 valence electrons. The van der Waals surface area contributed by atoms with E-state index in [1.807, 2.05) is 6.92 Å². The molecule has 0 aromatic heterocycles. The third-order valence-corrected chi connectivity index (χ3v) is 2.10. The van der Waals surface area contributed by atoms with E-state index in [2.05, 4.69) is 6.07 Å². The first-order valence-corrected chi connectivity index (χ1v) is 4.83. The quantitative estimate of drug-likeness (QED) is 0.769. The molecule has 2 nitrogen and oxygen atoms in total. The van der Waals surface area contributed by atoms with Gasteiger partial charge in [-0.2, -0.15) is 5.26 Å². The summed E-state index contributed by atoms with van der Waals surface area (Å²) in [5.74, 6) is -0.343. The van der Waals surface area contributed by atoms with Crippen LogP contribution < -0.4 is 5.73 Å². The highest BCUT2D eigenvalue weighted by Crippen LogP contribution is 2.17. The van der Waals surface area contributed by atoms with E-state index in [1.54, 1.807) is 12.1 Å². The standard InChI is InChI=1S/C12H13FN2/c1-2-4-10(8-14)12(15)9-5-3-6-11(13)7-9/h3,5-7H,2,4,15H2,1H3/b12-10-. The van der Waals surface area contributed by atoms with E-state index in [0.717, 1.165) is 6.42 Å². The molecule has 0 heterocycles. The lowest BCUT2D eigenvalue weighted by molar-refractivity contribution is 0.627. The van der Waals surface area contributed by atoms with E-state index < -0.39 is 0 Å². The van der Waals surface area contributed by atoms with Crippen molar-refractivity contribution in [2.24, 2.45) is 5.73 Å². The zero-order valence-electron chi connectivity index (χ0n) is 8.63. The fraction of sp³-hybridized carbons (Fsp3) is 0.250. The molecule has 1 aromatic carbocycles. The van der Waals surface area contributed by atoms with E-state index in [4.69, 9.17) is 11.0 Å². The zero-order chi connectivity index (χ0) is 11.3. The molecule has 0 saturated heterocycles. The Morgan fingerprint density at radius 2 is 2.27 bits per heavy atom. The Morgan fingerprint density at radius 1 is 1.53 bits per heavy atom. The average Bonchev–Trinajstić information content (AvgIpc) is 2.25. The molecule has 0 aliphatic carbocycles. The number of allylic oxidation sites excluding steroid dienone is 1. The van der Waals surface area contributed by atoms with E-state index in [0.29, 0.717) is 23.3 Å². The first-order chi connectivity index (χ1) is 7.19. The minimum Gasteiger partial charge on any atom is -0.397 e. The van der Waals surface area contributed by atoms with Crippen molar-refractivity contribution in [1.82, 2.24) is 0 Å². The van der Waals surface area contributed by atoms with Crippen LogP contribution in [0.3, 0.4) is 0 Å². The normalized spacial score (nSPS) is 11.8. The van der Waals surface area contributed by atoms with Gasteiger partial charge in [0.25, 0.3) is 0 Å². The smallest absolute Gasteiger partial charge is 0.123 e. The summed E-state index contributed by atoms with van der Waals surface area (Å²) in [5, 5.41) is 8.88. The van der Waals surface area contributed by atoms with E-state index in [-0.39, 0.29) is 5.82 Å². The van der Waals surface area contributed by atoms with Crippen molar-refractivity contribution < 1.29 is 4.39 Å². The van der Waals surface area contributed by atoms with Gasteiger partial charge in [0.1, 0.15) is 5.82 Å². The third-order valence-electron chi connectivity index (χ3n) is 2.10. The largest absolute Gasteiger partial charge is 0.397 e. The van der Waals surface area contributed by atoms with Gasteiger partial charge in [-0.25, -0.2) is 4.39 Å². The molecule has 0 saturated carbocycles. The molecule has 2 N–H and O–H groups in total. The summed E-state index contributed by atoms with van der Waals surface area (Å²) in [4.78, 5) is 0. The highest BCUT2D eigenvalue weighted by molar-refractivity contribution is 5.68. The summed E-state index contributed by atoms with van der Waals surface area (Å²) < 4.78 is 12.9. The van der Waals surface area contributed by atoms with Gasteiger partial charge in [-0.05, 0) is 18.6 Å². The van der Waals surface area contributed by atoms with Crippen molar-refractivity contribution >= 4 is 5.70 Å². The van der Waals surface area contributed by atoms with Gasteiger partial charge in [0, 0.05) is 5.56 Å². The molecule has 0 spiro atoms. The molecule has 15 heavy (non-hydrogen) atoms. The summed E-state index contributed by atoms with van der Waals surface area (Å²) in [6, 6.07) is 8.02. The number of hydrogen-bond acceptors (Lipinski definition) is 2. The molecular weight excluding hydrogens is 191 g/mol. The minimum absolute atomic E-state index is 0.343. The van der Waals surface area contributed by atoms with Crippen LogP contribution in [0.1, 0.15) is 25.3 Å². The summed E-state index contributed by atoms with van der Waals surface area (Å²) in [7, 11) is 0. The van der Waals surface area contributed by atoms with Crippen molar-refractivity contribution in [3.8, 4) is 6.07 Å². The predicted molar refractivity (Wildman–Crippen MR) is 58.0 cm³/mol. The van der Waals surface area contributed by atoms with Crippen molar-refractivity contribution in [3.05, 3.63) is 41.2 Å². The highest BCUT2D eigenvalue weighted by atomic mass is 19.1. The second-order valence-electron chi connectivity index (χ2n) is 3.26. The molecule has 0 fully saturated rings. The van der Waals surface area contributed by atoms with Crippen LogP contribution in [0.15, 0.2) is 29.8 Å². The average molecular weight is 204 g/mol. The second kappa shape index (κ2) is 5.16. The summed E-state index contributed by atoms with van der Waals surface area (Å²) in [6.45, 7) is 1.97. The minimum atomic E-state index is -0.343. The summed E-state index contributed by atoms with van der Waals surface area (Å²) in [5.41, 5.74) is 7.26. The van der Waals surface area contributed by atoms with E-state index in [1.165, 1.54) is 12.1 Å². The molecule has 0 bridgehead atoms. The molecule has 0 radical (unpaired) electrons. The highest BCUT2D eigenvalue weighted by Gasteiger charge is 2.05. The maximum atomic E-state index is 12.9. The monoisotopic (exact) mass is 204 g/mol. The zero-order valence-corrected chi connectivity index (χ0v) is 8.63. The number of nitrogens with zero attached hydrogens (tertiary/aromatic N) is 1.